The van der Waals surface area contributed by atoms with E-state index in [1.165, 1.54) is 12.8 Å². The minimum Gasteiger partial charge on any atom is -0.335 e. The molecule has 1 aromatic heterocycles. The van der Waals surface area contributed by atoms with E-state index in [0.29, 0.717) is 24.6 Å². The van der Waals surface area contributed by atoms with Gasteiger partial charge in [-0.05, 0) is 44.7 Å². The summed E-state index contributed by atoms with van der Waals surface area (Å²) < 4.78 is 0. The van der Waals surface area contributed by atoms with Gasteiger partial charge in [0, 0.05) is 18.8 Å². The predicted molar refractivity (Wildman–Crippen MR) is 69.3 cm³/mol. The second-order valence-corrected chi connectivity index (χ2v) is 5.75. The lowest BCUT2D eigenvalue weighted by molar-refractivity contribution is 0.0349. The molecule has 0 atom stereocenters. The number of nitrogens with zero attached hydrogens (tertiary/aromatic N) is 2. The highest BCUT2D eigenvalue weighted by Gasteiger charge is 2.51. The lowest BCUT2D eigenvalue weighted by atomic mass is 9.85. The van der Waals surface area contributed by atoms with Crippen LogP contribution >= 0.6 is 0 Å². The molecule has 1 aliphatic heterocycles. The molecular formula is C14H19N3O. The van der Waals surface area contributed by atoms with Crippen molar-refractivity contribution in [1.29, 1.82) is 0 Å². The maximum absolute atomic E-state index is 12.3. The minimum absolute atomic E-state index is 0.0710. The second-order valence-electron chi connectivity index (χ2n) is 5.75. The molecule has 1 saturated heterocycles. The van der Waals surface area contributed by atoms with Crippen molar-refractivity contribution in [3.8, 4) is 0 Å². The molecule has 2 aliphatic rings. The molecule has 1 amide bonds. The van der Waals surface area contributed by atoms with Crippen molar-refractivity contribution in [2.24, 2.45) is 11.7 Å². The SMILES string of the molecule is Cc1ccc(C(=O)N2CC(N)(C3CC3)C2)c(C)n1. The number of aromatic nitrogens is 1. The Kier molecular flexibility index (Phi) is 2.45. The monoisotopic (exact) mass is 245 g/mol. The fourth-order valence-corrected chi connectivity index (χ4v) is 2.81. The number of amides is 1. The average Bonchev–Trinajstić information content (AvgIpc) is 3.08. The van der Waals surface area contributed by atoms with Crippen molar-refractivity contribution in [3.63, 3.8) is 0 Å². The standard InChI is InChI=1S/C14H19N3O/c1-9-3-6-12(10(2)16-9)13(18)17-7-14(15,8-17)11-4-5-11/h3,6,11H,4-5,7-8,15H2,1-2H3. The lowest BCUT2D eigenvalue weighted by Gasteiger charge is -2.48. The zero-order valence-corrected chi connectivity index (χ0v) is 10.9. The summed E-state index contributed by atoms with van der Waals surface area (Å²) in [6.45, 7) is 5.22. The molecule has 96 valence electrons. The summed E-state index contributed by atoms with van der Waals surface area (Å²) in [6.07, 6.45) is 2.45. The predicted octanol–water partition coefficient (Wildman–Crippen LogP) is 1.26. The van der Waals surface area contributed by atoms with E-state index in [0.717, 1.165) is 11.4 Å². The molecule has 0 spiro atoms. The first-order valence-corrected chi connectivity index (χ1v) is 6.52. The highest BCUT2D eigenvalue weighted by atomic mass is 16.2. The second kappa shape index (κ2) is 3.79. The maximum Gasteiger partial charge on any atom is 0.255 e. The van der Waals surface area contributed by atoms with Gasteiger partial charge in [0.15, 0.2) is 0 Å². The molecule has 0 unspecified atom stereocenters. The fraction of sp³-hybridized carbons (Fsp3) is 0.571. The fourth-order valence-electron chi connectivity index (χ4n) is 2.81. The number of likely N-dealkylation sites (tertiary alicyclic amines) is 1. The summed E-state index contributed by atoms with van der Waals surface area (Å²) >= 11 is 0. The van der Waals surface area contributed by atoms with E-state index in [2.05, 4.69) is 4.98 Å². The summed E-state index contributed by atoms with van der Waals surface area (Å²) in [5.41, 5.74) is 8.61. The molecule has 4 nitrogen and oxygen atoms in total. The Bertz CT molecular complexity index is 502. The van der Waals surface area contributed by atoms with Crippen molar-refractivity contribution in [3.05, 3.63) is 29.1 Å². The average molecular weight is 245 g/mol. The van der Waals surface area contributed by atoms with Crippen molar-refractivity contribution < 1.29 is 4.79 Å². The van der Waals surface area contributed by atoms with Gasteiger partial charge in [0.25, 0.3) is 5.91 Å². The van der Waals surface area contributed by atoms with Gasteiger partial charge in [-0.25, -0.2) is 0 Å². The van der Waals surface area contributed by atoms with Gasteiger partial charge >= 0.3 is 0 Å². The van der Waals surface area contributed by atoms with Gasteiger partial charge in [-0.3, -0.25) is 9.78 Å². The third-order valence-corrected chi connectivity index (χ3v) is 4.10. The molecule has 2 heterocycles. The van der Waals surface area contributed by atoms with Crippen LogP contribution in [0.25, 0.3) is 0 Å². The molecule has 2 N–H and O–H groups in total. The number of rotatable bonds is 2. The third kappa shape index (κ3) is 1.81. The van der Waals surface area contributed by atoms with Crippen LogP contribution in [0.3, 0.4) is 0 Å². The van der Waals surface area contributed by atoms with Gasteiger partial charge in [0.1, 0.15) is 0 Å². The van der Waals surface area contributed by atoms with E-state index in [1.807, 2.05) is 30.9 Å². The summed E-state index contributed by atoms with van der Waals surface area (Å²) in [4.78, 5) is 18.5. The van der Waals surface area contributed by atoms with Crippen molar-refractivity contribution in [2.45, 2.75) is 32.2 Å². The first-order chi connectivity index (χ1) is 8.49. The van der Waals surface area contributed by atoms with Crippen LogP contribution in [0.1, 0.15) is 34.6 Å². The molecule has 0 bridgehead atoms. The van der Waals surface area contributed by atoms with Crippen LogP contribution in [0.2, 0.25) is 0 Å². The van der Waals surface area contributed by atoms with Gasteiger partial charge in [-0.2, -0.15) is 0 Å². The normalized spacial score (nSPS) is 21.6. The molecule has 0 radical (unpaired) electrons. The number of hydrogen-bond acceptors (Lipinski definition) is 3. The Balaban J connectivity index is 1.72. The topological polar surface area (TPSA) is 59.2 Å². The molecular weight excluding hydrogens is 226 g/mol. The largest absolute Gasteiger partial charge is 0.335 e. The van der Waals surface area contributed by atoms with Crippen LogP contribution in [-0.2, 0) is 0 Å². The van der Waals surface area contributed by atoms with E-state index in [-0.39, 0.29) is 11.4 Å². The quantitative estimate of drug-likeness (QED) is 0.853. The number of pyridine rings is 1. The molecule has 1 saturated carbocycles. The first kappa shape index (κ1) is 11.7. The lowest BCUT2D eigenvalue weighted by Crippen LogP contribution is -2.69. The third-order valence-electron chi connectivity index (χ3n) is 4.10. The smallest absolute Gasteiger partial charge is 0.255 e. The molecule has 1 aliphatic carbocycles. The molecule has 2 fully saturated rings. The molecule has 0 aromatic carbocycles. The molecule has 1 aromatic rings. The van der Waals surface area contributed by atoms with Crippen molar-refractivity contribution >= 4 is 5.91 Å². The molecule has 3 rings (SSSR count). The minimum atomic E-state index is -0.109. The van der Waals surface area contributed by atoms with E-state index < -0.39 is 0 Å². The molecule has 18 heavy (non-hydrogen) atoms. The maximum atomic E-state index is 12.3. The summed E-state index contributed by atoms with van der Waals surface area (Å²) in [7, 11) is 0. The number of carbonyl (C=O) groups is 1. The van der Waals surface area contributed by atoms with E-state index >= 15 is 0 Å². The van der Waals surface area contributed by atoms with Crippen molar-refractivity contribution in [1.82, 2.24) is 9.88 Å². The van der Waals surface area contributed by atoms with Gasteiger partial charge in [0.05, 0.1) is 16.8 Å². The number of aryl methyl sites for hydroxylation is 2. The van der Waals surface area contributed by atoms with E-state index in [1.54, 1.807) is 0 Å². The molecule has 4 heteroatoms. The van der Waals surface area contributed by atoms with Crippen LogP contribution in [0.5, 0.6) is 0 Å². The Hall–Kier alpha value is -1.42. The highest BCUT2D eigenvalue weighted by Crippen LogP contribution is 2.43. The Morgan fingerprint density at radius 1 is 1.39 bits per heavy atom. The van der Waals surface area contributed by atoms with Gasteiger partial charge in [-0.15, -0.1) is 0 Å². The van der Waals surface area contributed by atoms with Crippen LogP contribution in [-0.4, -0.2) is 34.4 Å². The van der Waals surface area contributed by atoms with Crippen LogP contribution in [0.15, 0.2) is 12.1 Å². The zero-order valence-electron chi connectivity index (χ0n) is 10.9. The summed E-state index contributed by atoms with van der Waals surface area (Å²) in [5.74, 6) is 0.709. The summed E-state index contributed by atoms with van der Waals surface area (Å²) in [5, 5.41) is 0. The zero-order chi connectivity index (χ0) is 12.9. The van der Waals surface area contributed by atoms with Crippen LogP contribution < -0.4 is 5.73 Å². The Morgan fingerprint density at radius 3 is 2.61 bits per heavy atom. The van der Waals surface area contributed by atoms with Crippen LogP contribution in [0.4, 0.5) is 0 Å². The number of hydrogen-bond donors (Lipinski definition) is 1. The number of carbonyl (C=O) groups excluding carboxylic acids is 1. The van der Waals surface area contributed by atoms with Crippen molar-refractivity contribution in [2.75, 3.05) is 13.1 Å². The van der Waals surface area contributed by atoms with Gasteiger partial charge in [0.2, 0.25) is 0 Å². The van der Waals surface area contributed by atoms with Crippen LogP contribution in [0, 0.1) is 19.8 Å². The van der Waals surface area contributed by atoms with E-state index in [4.69, 9.17) is 5.73 Å². The Labute approximate surface area is 107 Å². The van der Waals surface area contributed by atoms with Gasteiger partial charge in [-0.1, -0.05) is 0 Å². The Morgan fingerprint density at radius 2 is 2.06 bits per heavy atom. The van der Waals surface area contributed by atoms with Gasteiger partial charge < -0.3 is 10.6 Å². The number of nitrogens with two attached hydrogens (primary N) is 1. The summed E-state index contributed by atoms with van der Waals surface area (Å²) in [6, 6.07) is 3.75. The first-order valence-electron chi connectivity index (χ1n) is 6.52. The van der Waals surface area contributed by atoms with E-state index in [9.17, 15) is 4.79 Å². The highest BCUT2D eigenvalue weighted by molar-refractivity contribution is 5.96.